The molecular weight excluding hydrogens is 172 g/mol. The van der Waals surface area contributed by atoms with Crippen LogP contribution in [-0.4, -0.2) is 11.0 Å². The smallest absolute Gasteiger partial charge is 0.0149 e. The molecule has 0 nitrogen and oxygen atoms in total. The van der Waals surface area contributed by atoms with E-state index < -0.39 is 0 Å². The van der Waals surface area contributed by atoms with Crippen LogP contribution in [0.5, 0.6) is 0 Å². The third-order valence-electron chi connectivity index (χ3n) is 1.20. The maximum Gasteiger partial charge on any atom is -0.0149 e. The maximum absolute atomic E-state index is 3.63. The lowest BCUT2D eigenvalue weighted by molar-refractivity contribution is 1.67. The molecular formula is C12H18Si. The summed E-state index contributed by atoms with van der Waals surface area (Å²) in [5.74, 6) is 0. The fourth-order valence-electron chi connectivity index (χ4n) is 0.589. The zero-order valence-corrected chi connectivity index (χ0v) is 7.24. The minimum Gasteiger partial charge on any atom is -0.0991 e. The molecule has 1 aromatic carbocycles. The zero-order valence-electron chi connectivity index (χ0n) is 7.24. The average Bonchev–Trinajstić information content (AvgIpc) is 2.19. The molecule has 0 unspecified atom stereocenters. The fourth-order valence-corrected chi connectivity index (χ4v) is 0.589. The first-order valence-electron chi connectivity index (χ1n) is 3.76. The van der Waals surface area contributed by atoms with Crippen LogP contribution in [0.3, 0.4) is 0 Å². The fraction of sp³-hybridized carbons (Fsp3) is 0. The van der Waals surface area contributed by atoms with Crippen molar-refractivity contribution in [3.63, 3.8) is 0 Å². The van der Waals surface area contributed by atoms with Crippen LogP contribution in [0.4, 0.5) is 0 Å². The van der Waals surface area contributed by atoms with E-state index in [-0.39, 0.29) is 11.0 Å². The third kappa shape index (κ3) is 8.56. The molecule has 0 aliphatic rings. The van der Waals surface area contributed by atoms with Crippen molar-refractivity contribution in [3.05, 3.63) is 67.8 Å². The summed E-state index contributed by atoms with van der Waals surface area (Å²) in [4.78, 5) is 0. The Morgan fingerprint density at radius 2 is 1.31 bits per heavy atom. The van der Waals surface area contributed by atoms with Gasteiger partial charge in [-0.1, -0.05) is 68.3 Å². The molecule has 0 heterocycles. The van der Waals surface area contributed by atoms with Crippen LogP contribution in [0.2, 0.25) is 0 Å². The van der Waals surface area contributed by atoms with Gasteiger partial charge in [0.15, 0.2) is 0 Å². The SMILES string of the molecule is C=CC=C.C=Cc1ccccc1.[SiH4]. The highest BCUT2D eigenvalue weighted by atomic mass is 28.1. The minimum absolute atomic E-state index is 0. The van der Waals surface area contributed by atoms with Crippen LogP contribution in [0.15, 0.2) is 62.2 Å². The van der Waals surface area contributed by atoms with Crippen LogP contribution in [-0.2, 0) is 0 Å². The quantitative estimate of drug-likeness (QED) is 0.495. The molecule has 0 aromatic heterocycles. The molecule has 0 aliphatic carbocycles. The standard InChI is InChI=1S/C8H8.C4H6.H4Si/c1-2-8-6-4-3-5-7-8;1-3-4-2;/h2-7H,1H2;3-4H,1-2H2;1H4. The molecule has 0 saturated heterocycles. The summed E-state index contributed by atoms with van der Waals surface area (Å²) in [5, 5.41) is 0. The van der Waals surface area contributed by atoms with Gasteiger partial charge in [-0.15, -0.1) is 0 Å². The molecule has 13 heavy (non-hydrogen) atoms. The molecule has 1 aromatic rings. The van der Waals surface area contributed by atoms with Gasteiger partial charge in [-0.3, -0.25) is 0 Å². The van der Waals surface area contributed by atoms with E-state index in [4.69, 9.17) is 0 Å². The highest BCUT2D eigenvalue weighted by Gasteiger charge is 1.75. The van der Waals surface area contributed by atoms with Crippen LogP contribution >= 0.6 is 0 Å². The van der Waals surface area contributed by atoms with Crippen molar-refractivity contribution in [2.75, 3.05) is 0 Å². The molecule has 0 N–H and O–H groups in total. The topological polar surface area (TPSA) is 0 Å². The molecule has 70 valence electrons. The first-order valence-corrected chi connectivity index (χ1v) is 3.76. The third-order valence-corrected chi connectivity index (χ3v) is 1.20. The Balaban J connectivity index is 0. The van der Waals surface area contributed by atoms with Gasteiger partial charge in [-0.25, -0.2) is 0 Å². The van der Waals surface area contributed by atoms with Gasteiger partial charge < -0.3 is 0 Å². The average molecular weight is 190 g/mol. The second-order valence-electron chi connectivity index (χ2n) is 2.09. The predicted molar refractivity (Wildman–Crippen MR) is 68.3 cm³/mol. The first-order chi connectivity index (χ1) is 5.85. The summed E-state index contributed by atoms with van der Waals surface area (Å²) >= 11 is 0. The van der Waals surface area contributed by atoms with Crippen molar-refractivity contribution in [1.82, 2.24) is 0 Å². The molecule has 0 bridgehead atoms. The van der Waals surface area contributed by atoms with Gasteiger partial charge >= 0.3 is 0 Å². The van der Waals surface area contributed by atoms with Crippen LogP contribution < -0.4 is 0 Å². The van der Waals surface area contributed by atoms with Crippen molar-refractivity contribution >= 4 is 17.0 Å². The van der Waals surface area contributed by atoms with Crippen molar-refractivity contribution in [2.45, 2.75) is 0 Å². The van der Waals surface area contributed by atoms with E-state index in [1.54, 1.807) is 12.2 Å². The summed E-state index contributed by atoms with van der Waals surface area (Å²) in [5.41, 5.74) is 1.17. The van der Waals surface area contributed by atoms with Crippen molar-refractivity contribution in [3.8, 4) is 0 Å². The van der Waals surface area contributed by atoms with Crippen LogP contribution in [0, 0.1) is 0 Å². The molecule has 0 atom stereocenters. The summed E-state index contributed by atoms with van der Waals surface area (Å²) in [6.07, 6.45) is 5.11. The van der Waals surface area contributed by atoms with E-state index in [0.717, 1.165) is 0 Å². The van der Waals surface area contributed by atoms with E-state index in [9.17, 15) is 0 Å². The molecule has 1 heteroatoms. The molecule has 0 fully saturated rings. The van der Waals surface area contributed by atoms with E-state index in [2.05, 4.69) is 19.7 Å². The molecule has 1 rings (SSSR count). The number of allylic oxidation sites excluding steroid dienone is 2. The van der Waals surface area contributed by atoms with Gasteiger partial charge in [0.05, 0.1) is 0 Å². The van der Waals surface area contributed by atoms with E-state index >= 15 is 0 Å². The Bertz CT molecular complexity index is 231. The molecule has 0 spiro atoms. The summed E-state index contributed by atoms with van der Waals surface area (Å²) in [6, 6.07) is 10.0. The van der Waals surface area contributed by atoms with E-state index in [0.29, 0.717) is 0 Å². The van der Waals surface area contributed by atoms with Crippen LogP contribution in [0.25, 0.3) is 6.08 Å². The normalized spacial score (nSPS) is 6.77. The number of rotatable bonds is 2. The Labute approximate surface area is 85.3 Å². The number of hydrogen-bond acceptors (Lipinski definition) is 0. The zero-order chi connectivity index (χ0) is 9.23. The van der Waals surface area contributed by atoms with E-state index in [1.807, 2.05) is 36.4 Å². The number of benzene rings is 1. The molecule has 0 saturated carbocycles. The van der Waals surface area contributed by atoms with Gasteiger partial charge in [0, 0.05) is 0 Å². The second-order valence-corrected chi connectivity index (χ2v) is 2.09. The lowest BCUT2D eigenvalue weighted by Crippen LogP contribution is -1.63. The minimum atomic E-state index is 0. The Morgan fingerprint density at radius 3 is 1.54 bits per heavy atom. The van der Waals surface area contributed by atoms with Gasteiger partial charge in [-0.05, 0) is 16.5 Å². The molecule has 0 radical (unpaired) electrons. The molecule has 0 amide bonds. The highest BCUT2D eigenvalue weighted by molar-refractivity contribution is 5.75. The Kier molecular flexibility index (Phi) is 11.6. The maximum atomic E-state index is 3.63. The summed E-state index contributed by atoms with van der Waals surface area (Å²) in [6.45, 7) is 10.4. The van der Waals surface area contributed by atoms with Crippen LogP contribution in [0.1, 0.15) is 5.56 Å². The highest BCUT2D eigenvalue weighted by Crippen LogP contribution is 1.97. The van der Waals surface area contributed by atoms with Gasteiger partial charge in [0.1, 0.15) is 0 Å². The lowest BCUT2D eigenvalue weighted by atomic mass is 10.2. The predicted octanol–water partition coefficient (Wildman–Crippen LogP) is 2.24. The number of hydrogen-bond donors (Lipinski definition) is 0. The summed E-state index contributed by atoms with van der Waals surface area (Å²) < 4.78 is 0. The molecule has 0 aliphatic heterocycles. The van der Waals surface area contributed by atoms with Crippen molar-refractivity contribution in [2.24, 2.45) is 0 Å². The second kappa shape index (κ2) is 10.7. The van der Waals surface area contributed by atoms with Gasteiger partial charge in [0.2, 0.25) is 0 Å². The lowest BCUT2D eigenvalue weighted by Gasteiger charge is -1.85. The summed E-state index contributed by atoms with van der Waals surface area (Å²) in [7, 11) is 0. The largest absolute Gasteiger partial charge is 0.0991 e. The Morgan fingerprint density at radius 1 is 0.846 bits per heavy atom. The first kappa shape index (κ1) is 14.2. The monoisotopic (exact) mass is 190 g/mol. The van der Waals surface area contributed by atoms with Crippen molar-refractivity contribution in [1.29, 1.82) is 0 Å². The van der Waals surface area contributed by atoms with Gasteiger partial charge in [-0.2, -0.15) is 0 Å². The van der Waals surface area contributed by atoms with E-state index in [1.165, 1.54) is 5.56 Å². The Hall–Kier alpha value is -1.34. The van der Waals surface area contributed by atoms with Crippen molar-refractivity contribution < 1.29 is 0 Å². The van der Waals surface area contributed by atoms with Gasteiger partial charge in [0.25, 0.3) is 0 Å².